The lowest BCUT2D eigenvalue weighted by atomic mass is 9.94. The molecule has 0 amide bonds. The lowest BCUT2D eigenvalue weighted by molar-refractivity contribution is 0.248. The highest BCUT2D eigenvalue weighted by Gasteiger charge is 2.21. The Bertz CT molecular complexity index is 198. The molecule has 0 radical (unpaired) electrons. The molecule has 1 fully saturated rings. The van der Waals surface area contributed by atoms with Crippen LogP contribution in [0.3, 0.4) is 0 Å². The summed E-state index contributed by atoms with van der Waals surface area (Å²) in [6.07, 6.45) is 6.76. The molecule has 0 aromatic heterocycles. The maximum absolute atomic E-state index is 5.45. The Labute approximate surface area is 99.4 Å². The molecule has 1 aliphatic rings. The second kappa shape index (κ2) is 6.31. The molecule has 0 aliphatic heterocycles. The quantitative estimate of drug-likeness (QED) is 0.748. The van der Waals surface area contributed by atoms with E-state index in [0.29, 0.717) is 12.1 Å². The van der Waals surface area contributed by atoms with Gasteiger partial charge in [0, 0.05) is 18.6 Å². The van der Waals surface area contributed by atoms with Gasteiger partial charge < -0.3 is 10.2 Å². The van der Waals surface area contributed by atoms with Crippen molar-refractivity contribution in [1.82, 2.24) is 10.2 Å². The van der Waals surface area contributed by atoms with Crippen LogP contribution in [0.15, 0.2) is 0 Å². The molecule has 0 spiro atoms. The Morgan fingerprint density at radius 2 is 1.93 bits per heavy atom. The van der Waals surface area contributed by atoms with Crippen LogP contribution in [0, 0.1) is 0 Å². The smallest absolute Gasteiger partial charge is 0.169 e. The predicted molar refractivity (Wildman–Crippen MR) is 70.1 cm³/mol. The summed E-state index contributed by atoms with van der Waals surface area (Å²) in [5.74, 6) is 0. The van der Waals surface area contributed by atoms with Crippen molar-refractivity contribution in [1.29, 1.82) is 0 Å². The summed E-state index contributed by atoms with van der Waals surface area (Å²) >= 11 is 5.45. The van der Waals surface area contributed by atoms with Gasteiger partial charge in [-0.25, -0.2) is 0 Å². The van der Waals surface area contributed by atoms with Gasteiger partial charge in [-0.05, 0) is 45.8 Å². The molecule has 3 heteroatoms. The minimum Gasteiger partial charge on any atom is -0.360 e. The van der Waals surface area contributed by atoms with Crippen molar-refractivity contribution in [2.75, 3.05) is 6.54 Å². The van der Waals surface area contributed by atoms with E-state index in [2.05, 4.69) is 31.0 Å². The molecular formula is C12H24N2S. The lowest BCUT2D eigenvalue weighted by Gasteiger charge is -2.36. The first-order valence-electron chi connectivity index (χ1n) is 6.22. The van der Waals surface area contributed by atoms with E-state index in [1.54, 1.807) is 0 Å². The molecule has 2 nitrogen and oxygen atoms in total. The average Bonchev–Trinajstić information content (AvgIpc) is 2.19. The molecular weight excluding hydrogens is 204 g/mol. The molecule has 1 rings (SSSR count). The minimum absolute atomic E-state index is 0.440. The maximum Gasteiger partial charge on any atom is 0.169 e. The van der Waals surface area contributed by atoms with Crippen molar-refractivity contribution in [3.63, 3.8) is 0 Å². The van der Waals surface area contributed by atoms with Gasteiger partial charge in [0.2, 0.25) is 0 Å². The molecule has 0 aromatic carbocycles. The fourth-order valence-electron chi connectivity index (χ4n) is 2.29. The van der Waals surface area contributed by atoms with Crippen LogP contribution in [0.5, 0.6) is 0 Å². The van der Waals surface area contributed by atoms with Crippen LogP contribution in [-0.2, 0) is 0 Å². The van der Waals surface area contributed by atoms with Gasteiger partial charge in [-0.3, -0.25) is 0 Å². The van der Waals surface area contributed by atoms with Crippen molar-refractivity contribution >= 4 is 17.3 Å². The van der Waals surface area contributed by atoms with E-state index >= 15 is 0 Å². The van der Waals surface area contributed by atoms with Gasteiger partial charge in [0.15, 0.2) is 5.11 Å². The third-order valence-electron chi connectivity index (χ3n) is 3.03. The number of hydrogen-bond acceptors (Lipinski definition) is 1. The van der Waals surface area contributed by atoms with Crippen molar-refractivity contribution in [3.05, 3.63) is 0 Å². The molecule has 1 N–H and O–H groups in total. The van der Waals surface area contributed by atoms with Gasteiger partial charge in [0.05, 0.1) is 0 Å². The Kier molecular flexibility index (Phi) is 5.37. The Balaban J connectivity index is 2.49. The highest BCUT2D eigenvalue weighted by Crippen LogP contribution is 2.22. The molecule has 0 aromatic rings. The molecule has 0 unspecified atom stereocenters. The summed E-state index contributed by atoms with van der Waals surface area (Å²) in [6, 6.07) is 1.12. The van der Waals surface area contributed by atoms with E-state index in [1.165, 1.54) is 32.1 Å². The zero-order chi connectivity index (χ0) is 11.3. The zero-order valence-corrected chi connectivity index (χ0v) is 11.1. The van der Waals surface area contributed by atoms with Gasteiger partial charge in [-0.15, -0.1) is 0 Å². The average molecular weight is 228 g/mol. The van der Waals surface area contributed by atoms with Crippen LogP contribution in [0.4, 0.5) is 0 Å². The standard InChI is InChI=1S/C12H24N2S/c1-4-14(12(15)13-10(2)3)11-8-6-5-7-9-11/h10-11H,4-9H2,1-3H3,(H,13,15). The largest absolute Gasteiger partial charge is 0.360 e. The van der Waals surface area contributed by atoms with Gasteiger partial charge in [0.25, 0.3) is 0 Å². The molecule has 0 atom stereocenters. The fraction of sp³-hybridized carbons (Fsp3) is 0.917. The van der Waals surface area contributed by atoms with Crippen molar-refractivity contribution in [2.45, 2.75) is 65.0 Å². The first-order chi connectivity index (χ1) is 7.15. The van der Waals surface area contributed by atoms with Crippen LogP contribution < -0.4 is 5.32 Å². The van der Waals surface area contributed by atoms with Gasteiger partial charge in [0.1, 0.15) is 0 Å². The summed E-state index contributed by atoms with van der Waals surface area (Å²) in [5.41, 5.74) is 0. The highest BCUT2D eigenvalue weighted by molar-refractivity contribution is 7.80. The Hall–Kier alpha value is -0.310. The molecule has 15 heavy (non-hydrogen) atoms. The van der Waals surface area contributed by atoms with Crippen LogP contribution in [0.1, 0.15) is 52.9 Å². The third-order valence-corrected chi connectivity index (χ3v) is 3.38. The zero-order valence-electron chi connectivity index (χ0n) is 10.3. The summed E-state index contributed by atoms with van der Waals surface area (Å²) in [4.78, 5) is 2.37. The molecule has 1 aliphatic carbocycles. The van der Waals surface area contributed by atoms with E-state index < -0.39 is 0 Å². The molecule has 1 saturated carbocycles. The fourth-order valence-corrected chi connectivity index (χ4v) is 2.80. The minimum atomic E-state index is 0.440. The lowest BCUT2D eigenvalue weighted by Crippen LogP contribution is -2.48. The number of nitrogens with one attached hydrogen (secondary N) is 1. The van der Waals surface area contributed by atoms with E-state index in [1.807, 2.05) is 0 Å². The second-order valence-electron chi connectivity index (χ2n) is 4.68. The number of hydrogen-bond donors (Lipinski definition) is 1. The van der Waals surface area contributed by atoms with E-state index in [0.717, 1.165) is 11.7 Å². The number of thiocarbonyl (C=S) groups is 1. The summed E-state index contributed by atoms with van der Waals surface area (Å²) in [5, 5.41) is 4.29. The molecule has 0 bridgehead atoms. The number of nitrogens with zero attached hydrogens (tertiary/aromatic N) is 1. The molecule has 0 saturated heterocycles. The summed E-state index contributed by atoms with van der Waals surface area (Å²) in [7, 11) is 0. The van der Waals surface area contributed by atoms with Crippen LogP contribution in [0.2, 0.25) is 0 Å². The molecule has 88 valence electrons. The van der Waals surface area contributed by atoms with Gasteiger partial charge in [-0.1, -0.05) is 19.3 Å². The first-order valence-corrected chi connectivity index (χ1v) is 6.63. The van der Waals surface area contributed by atoms with Crippen molar-refractivity contribution < 1.29 is 0 Å². The SMILES string of the molecule is CCN(C(=S)NC(C)C)C1CCCCC1. The van der Waals surface area contributed by atoms with E-state index in [9.17, 15) is 0 Å². The monoisotopic (exact) mass is 228 g/mol. The molecule has 0 heterocycles. The van der Waals surface area contributed by atoms with Gasteiger partial charge in [-0.2, -0.15) is 0 Å². The maximum atomic E-state index is 5.45. The van der Waals surface area contributed by atoms with Gasteiger partial charge >= 0.3 is 0 Å². The van der Waals surface area contributed by atoms with E-state index in [-0.39, 0.29) is 0 Å². The van der Waals surface area contributed by atoms with E-state index in [4.69, 9.17) is 12.2 Å². The predicted octanol–water partition coefficient (Wildman–Crippen LogP) is 2.92. The first kappa shape index (κ1) is 12.8. The summed E-state index contributed by atoms with van der Waals surface area (Å²) in [6.45, 7) is 7.51. The topological polar surface area (TPSA) is 15.3 Å². The Morgan fingerprint density at radius 1 is 1.33 bits per heavy atom. The van der Waals surface area contributed by atoms with Crippen LogP contribution in [0.25, 0.3) is 0 Å². The van der Waals surface area contributed by atoms with Crippen molar-refractivity contribution in [3.8, 4) is 0 Å². The van der Waals surface area contributed by atoms with Crippen LogP contribution in [-0.4, -0.2) is 28.6 Å². The van der Waals surface area contributed by atoms with Crippen LogP contribution >= 0.6 is 12.2 Å². The third kappa shape index (κ3) is 3.98. The summed E-state index contributed by atoms with van der Waals surface area (Å²) < 4.78 is 0. The Morgan fingerprint density at radius 3 is 2.40 bits per heavy atom. The highest BCUT2D eigenvalue weighted by atomic mass is 32.1. The second-order valence-corrected chi connectivity index (χ2v) is 5.07. The van der Waals surface area contributed by atoms with Crippen molar-refractivity contribution in [2.24, 2.45) is 0 Å². The normalized spacial score (nSPS) is 17.9. The number of rotatable bonds is 3.